The highest BCUT2D eigenvalue weighted by atomic mass is 19.1. The van der Waals surface area contributed by atoms with Crippen LogP contribution in [0.25, 0.3) is 11.4 Å². The van der Waals surface area contributed by atoms with E-state index in [-0.39, 0.29) is 11.6 Å². The van der Waals surface area contributed by atoms with Crippen LogP contribution in [0.2, 0.25) is 0 Å². The molecule has 0 spiro atoms. The lowest BCUT2D eigenvalue weighted by atomic mass is 9.85. The molecule has 5 rings (SSSR count). The van der Waals surface area contributed by atoms with Gasteiger partial charge in [-0.1, -0.05) is 18.2 Å². The third-order valence-electron chi connectivity index (χ3n) is 5.71. The van der Waals surface area contributed by atoms with Gasteiger partial charge in [0, 0.05) is 48.6 Å². The summed E-state index contributed by atoms with van der Waals surface area (Å²) >= 11 is 0. The molecule has 0 radical (unpaired) electrons. The molecule has 1 aromatic heterocycles. The number of nitrogens with zero attached hydrogens (tertiary/aromatic N) is 4. The van der Waals surface area contributed by atoms with Gasteiger partial charge in [-0.3, -0.25) is 4.79 Å². The van der Waals surface area contributed by atoms with Crippen LogP contribution in [-0.4, -0.2) is 34.6 Å². The minimum absolute atomic E-state index is 0.0371. The third kappa shape index (κ3) is 2.98. The number of carbonyl (C=O) groups excluding carboxylic acids is 1. The van der Waals surface area contributed by atoms with Crippen LogP contribution < -0.4 is 10.2 Å². The Labute approximate surface area is 174 Å². The van der Waals surface area contributed by atoms with E-state index in [1.165, 1.54) is 6.07 Å². The number of fused-ring (bicyclic) bond motifs is 1. The van der Waals surface area contributed by atoms with Gasteiger partial charge in [0.05, 0.1) is 0 Å². The number of halogens is 1. The van der Waals surface area contributed by atoms with Crippen LogP contribution in [0.4, 0.5) is 16.0 Å². The summed E-state index contributed by atoms with van der Waals surface area (Å²) < 4.78 is 16.4. The zero-order chi connectivity index (χ0) is 20.8. The minimum Gasteiger partial charge on any atom is -0.378 e. The normalized spacial score (nSPS) is 18.0. The van der Waals surface area contributed by atoms with Crippen LogP contribution >= 0.6 is 0 Å². The van der Waals surface area contributed by atoms with Gasteiger partial charge in [-0.2, -0.15) is 4.98 Å². The summed E-state index contributed by atoms with van der Waals surface area (Å²) in [6.45, 7) is 0. The van der Waals surface area contributed by atoms with Gasteiger partial charge in [0.15, 0.2) is 11.6 Å². The van der Waals surface area contributed by atoms with Crippen molar-refractivity contribution >= 4 is 17.4 Å². The van der Waals surface area contributed by atoms with Gasteiger partial charge in [-0.25, -0.2) is 9.07 Å². The highest BCUT2D eigenvalue weighted by molar-refractivity contribution is 5.99. The van der Waals surface area contributed by atoms with Crippen molar-refractivity contribution in [2.45, 2.75) is 25.3 Å². The third-order valence-corrected chi connectivity index (χ3v) is 5.71. The number of anilines is 2. The number of carbonyl (C=O) groups is 1. The number of allylic oxidation sites excluding steroid dienone is 2. The molecule has 152 valence electrons. The monoisotopic (exact) mass is 403 g/mol. The van der Waals surface area contributed by atoms with Crippen LogP contribution in [0.3, 0.4) is 0 Å². The Morgan fingerprint density at radius 2 is 1.87 bits per heavy atom. The molecule has 1 unspecified atom stereocenters. The fourth-order valence-electron chi connectivity index (χ4n) is 4.17. The molecule has 2 aromatic carbocycles. The van der Waals surface area contributed by atoms with Crippen molar-refractivity contribution in [2.24, 2.45) is 0 Å². The number of aromatic nitrogens is 3. The highest BCUT2D eigenvalue weighted by Gasteiger charge is 2.38. The van der Waals surface area contributed by atoms with E-state index in [1.54, 1.807) is 22.9 Å². The van der Waals surface area contributed by atoms with Gasteiger partial charge in [0.25, 0.3) is 0 Å². The summed E-state index contributed by atoms with van der Waals surface area (Å²) in [5, 5.41) is 7.98. The summed E-state index contributed by atoms with van der Waals surface area (Å²) in [7, 11) is 3.97. The number of ketones is 1. The number of nitrogens with one attached hydrogen (secondary N) is 1. The van der Waals surface area contributed by atoms with E-state index >= 15 is 0 Å². The lowest BCUT2D eigenvalue weighted by Gasteiger charge is -2.32. The van der Waals surface area contributed by atoms with Crippen molar-refractivity contribution in [1.29, 1.82) is 0 Å². The fraction of sp³-hybridized carbons (Fsp3) is 0.261. The predicted molar refractivity (Wildman–Crippen MR) is 114 cm³/mol. The van der Waals surface area contributed by atoms with Gasteiger partial charge in [-0.05, 0) is 43.2 Å². The van der Waals surface area contributed by atoms with Crippen LogP contribution in [-0.2, 0) is 4.79 Å². The van der Waals surface area contributed by atoms with Crippen LogP contribution in [0, 0.1) is 5.82 Å². The van der Waals surface area contributed by atoms with E-state index < -0.39 is 6.04 Å². The van der Waals surface area contributed by atoms with Crippen molar-refractivity contribution in [3.63, 3.8) is 0 Å². The van der Waals surface area contributed by atoms with E-state index in [9.17, 15) is 9.18 Å². The minimum atomic E-state index is -0.618. The Morgan fingerprint density at radius 1 is 1.10 bits per heavy atom. The molecule has 6 nitrogen and oxygen atoms in total. The molecule has 30 heavy (non-hydrogen) atoms. The average molecular weight is 403 g/mol. The summed E-state index contributed by atoms with van der Waals surface area (Å²) in [6.07, 6.45) is 1.99. The molecule has 1 N–H and O–H groups in total. The lowest BCUT2D eigenvalue weighted by Crippen LogP contribution is -2.32. The van der Waals surface area contributed by atoms with Crippen molar-refractivity contribution in [1.82, 2.24) is 14.8 Å². The van der Waals surface area contributed by atoms with E-state index in [1.807, 2.05) is 43.3 Å². The fourth-order valence-corrected chi connectivity index (χ4v) is 4.17. The first-order valence-corrected chi connectivity index (χ1v) is 10.0. The molecular weight excluding hydrogens is 381 g/mol. The van der Waals surface area contributed by atoms with E-state index in [2.05, 4.69) is 10.3 Å². The van der Waals surface area contributed by atoms with Crippen molar-refractivity contribution in [3.8, 4) is 11.4 Å². The number of hydrogen-bond donors (Lipinski definition) is 1. The second-order valence-electron chi connectivity index (χ2n) is 7.86. The first-order chi connectivity index (χ1) is 14.5. The molecule has 7 heteroatoms. The van der Waals surface area contributed by atoms with Crippen molar-refractivity contribution in [2.75, 3.05) is 24.3 Å². The highest BCUT2D eigenvalue weighted by Crippen LogP contribution is 2.41. The Morgan fingerprint density at radius 3 is 2.60 bits per heavy atom. The number of benzene rings is 2. The van der Waals surface area contributed by atoms with Crippen molar-refractivity contribution < 1.29 is 9.18 Å². The van der Waals surface area contributed by atoms with E-state index in [0.29, 0.717) is 29.3 Å². The Balaban J connectivity index is 1.64. The summed E-state index contributed by atoms with van der Waals surface area (Å²) in [4.78, 5) is 19.5. The standard InChI is InChI=1S/C23H22FN5O/c1-28(2)15-12-10-14(11-13-15)22-26-23-25-18-8-5-9-19(30)20(18)21(29(23)27-22)16-6-3-4-7-17(16)24/h3-4,6-7,10-13,21H,5,8-9H2,1-2H3,(H,25,26,27). The molecule has 0 fully saturated rings. The molecule has 1 aliphatic carbocycles. The van der Waals surface area contributed by atoms with E-state index in [4.69, 9.17) is 5.10 Å². The summed E-state index contributed by atoms with van der Waals surface area (Å²) in [5.41, 5.74) is 3.79. The molecular formula is C23H22FN5O. The summed E-state index contributed by atoms with van der Waals surface area (Å²) in [5.74, 6) is 0.753. The number of hydrogen-bond acceptors (Lipinski definition) is 5. The Hall–Kier alpha value is -3.48. The first kappa shape index (κ1) is 18.5. The smallest absolute Gasteiger partial charge is 0.226 e. The van der Waals surface area contributed by atoms with Crippen LogP contribution in [0.5, 0.6) is 0 Å². The van der Waals surface area contributed by atoms with Crippen LogP contribution in [0.1, 0.15) is 30.9 Å². The second-order valence-corrected chi connectivity index (χ2v) is 7.86. The molecule has 0 saturated carbocycles. The lowest BCUT2D eigenvalue weighted by molar-refractivity contribution is -0.116. The van der Waals surface area contributed by atoms with Crippen LogP contribution in [0.15, 0.2) is 59.8 Å². The quantitative estimate of drug-likeness (QED) is 0.711. The Kier molecular flexibility index (Phi) is 4.38. The van der Waals surface area contributed by atoms with E-state index in [0.717, 1.165) is 29.8 Å². The molecule has 0 bridgehead atoms. The number of Topliss-reactive ketones (excluding diaryl/α,β-unsaturated/α-hetero) is 1. The maximum atomic E-state index is 14.8. The zero-order valence-corrected chi connectivity index (χ0v) is 16.9. The largest absolute Gasteiger partial charge is 0.378 e. The molecule has 0 amide bonds. The predicted octanol–water partition coefficient (Wildman–Crippen LogP) is 4.17. The SMILES string of the molecule is CN(C)c1ccc(-c2nc3n(n2)C(c2ccccc2F)C2=C(CCCC2=O)N3)cc1. The average Bonchev–Trinajstić information content (AvgIpc) is 3.17. The van der Waals surface area contributed by atoms with Gasteiger partial charge in [-0.15, -0.1) is 5.10 Å². The molecule has 1 atom stereocenters. The van der Waals surface area contributed by atoms with Gasteiger partial charge in [0.2, 0.25) is 5.95 Å². The molecule has 2 aliphatic rings. The second kappa shape index (κ2) is 7.09. The topological polar surface area (TPSA) is 63.1 Å². The molecule has 3 aromatic rings. The number of rotatable bonds is 3. The summed E-state index contributed by atoms with van der Waals surface area (Å²) in [6, 6.07) is 13.9. The first-order valence-electron chi connectivity index (χ1n) is 10.0. The maximum Gasteiger partial charge on any atom is 0.226 e. The Bertz CT molecular complexity index is 1160. The molecule has 0 saturated heterocycles. The van der Waals surface area contributed by atoms with Crippen molar-refractivity contribution in [3.05, 3.63) is 71.2 Å². The van der Waals surface area contributed by atoms with Gasteiger partial charge < -0.3 is 10.2 Å². The molecule has 2 heterocycles. The maximum absolute atomic E-state index is 14.8. The molecule has 1 aliphatic heterocycles. The van der Waals surface area contributed by atoms with Gasteiger partial charge >= 0.3 is 0 Å². The zero-order valence-electron chi connectivity index (χ0n) is 16.9. The van der Waals surface area contributed by atoms with Gasteiger partial charge in [0.1, 0.15) is 11.9 Å².